The molecule has 2 aromatic rings. The summed E-state index contributed by atoms with van der Waals surface area (Å²) in [5.74, 6) is 0. The molecule has 8 heteroatoms. The van der Waals surface area contributed by atoms with Crippen molar-refractivity contribution in [2.45, 2.75) is 31.7 Å². The number of hydrogen-bond acceptors (Lipinski definition) is 4. The van der Waals surface area contributed by atoms with E-state index >= 15 is 0 Å². The number of aromatic nitrogens is 3. The van der Waals surface area contributed by atoms with Crippen LogP contribution in [0.2, 0.25) is 0 Å². The van der Waals surface area contributed by atoms with Crippen molar-refractivity contribution in [3.63, 3.8) is 0 Å². The number of hydrogen-bond donors (Lipinski definition) is 1. The van der Waals surface area contributed by atoms with Crippen LogP contribution in [0.25, 0.3) is 0 Å². The van der Waals surface area contributed by atoms with Gasteiger partial charge in [0.05, 0.1) is 22.4 Å². The van der Waals surface area contributed by atoms with Gasteiger partial charge < -0.3 is 4.90 Å². The molecule has 0 atom stereocenters. The summed E-state index contributed by atoms with van der Waals surface area (Å²) in [5, 5.41) is 7.93. The number of nitrogens with zero attached hydrogens (tertiary/aromatic N) is 4. The van der Waals surface area contributed by atoms with Crippen LogP contribution in [0.15, 0.2) is 16.9 Å². The SMILES string of the molecule is O=C(Nc1nc2c(s1)CCCC2)N1CC(n2cc(Br)cn2)C1. The van der Waals surface area contributed by atoms with Crippen molar-refractivity contribution in [1.29, 1.82) is 0 Å². The van der Waals surface area contributed by atoms with Crippen molar-refractivity contribution in [1.82, 2.24) is 19.7 Å². The van der Waals surface area contributed by atoms with E-state index in [1.165, 1.54) is 23.4 Å². The van der Waals surface area contributed by atoms with Crippen LogP contribution >= 0.6 is 27.3 Å². The van der Waals surface area contributed by atoms with Crippen molar-refractivity contribution in [3.05, 3.63) is 27.4 Å². The number of rotatable bonds is 2. The number of thiazole rings is 1. The fraction of sp³-hybridized carbons (Fsp3) is 0.500. The second kappa shape index (κ2) is 5.66. The highest BCUT2D eigenvalue weighted by atomic mass is 79.9. The Morgan fingerprint density at radius 2 is 2.18 bits per heavy atom. The minimum atomic E-state index is -0.0615. The predicted octanol–water partition coefficient (Wildman–Crippen LogP) is 3.07. The summed E-state index contributed by atoms with van der Waals surface area (Å²) in [6, 6.07) is 0.204. The molecule has 3 heterocycles. The van der Waals surface area contributed by atoms with Gasteiger partial charge in [0.25, 0.3) is 0 Å². The second-order valence-corrected chi connectivity index (χ2v) is 7.72. The monoisotopic (exact) mass is 381 g/mol. The highest BCUT2D eigenvalue weighted by Crippen LogP contribution is 2.30. The Labute approximate surface area is 140 Å². The maximum absolute atomic E-state index is 12.2. The number of aryl methyl sites for hydroxylation is 2. The van der Waals surface area contributed by atoms with E-state index in [1.54, 1.807) is 22.4 Å². The number of amides is 2. The summed E-state index contributed by atoms with van der Waals surface area (Å²) < 4.78 is 2.86. The van der Waals surface area contributed by atoms with E-state index in [2.05, 4.69) is 31.3 Å². The van der Waals surface area contributed by atoms with E-state index in [0.717, 1.165) is 22.4 Å². The Balaban J connectivity index is 1.35. The van der Waals surface area contributed by atoms with E-state index in [9.17, 15) is 4.79 Å². The number of nitrogens with one attached hydrogen (secondary N) is 1. The van der Waals surface area contributed by atoms with Crippen LogP contribution in [-0.2, 0) is 12.8 Å². The van der Waals surface area contributed by atoms with Gasteiger partial charge in [-0.3, -0.25) is 10.00 Å². The normalized spacial score (nSPS) is 18.0. The molecule has 1 N–H and O–H groups in total. The Morgan fingerprint density at radius 1 is 1.36 bits per heavy atom. The molecule has 2 amide bonds. The van der Waals surface area contributed by atoms with Crippen molar-refractivity contribution >= 4 is 38.4 Å². The predicted molar refractivity (Wildman–Crippen MR) is 88.3 cm³/mol. The summed E-state index contributed by atoms with van der Waals surface area (Å²) in [5.41, 5.74) is 1.18. The highest BCUT2D eigenvalue weighted by Gasteiger charge is 2.33. The Hall–Kier alpha value is -1.41. The summed E-state index contributed by atoms with van der Waals surface area (Å²) >= 11 is 5.01. The lowest BCUT2D eigenvalue weighted by Gasteiger charge is -2.38. The molecule has 0 spiro atoms. The van der Waals surface area contributed by atoms with Crippen LogP contribution in [0.4, 0.5) is 9.93 Å². The molecule has 4 rings (SSSR count). The van der Waals surface area contributed by atoms with Gasteiger partial charge >= 0.3 is 6.03 Å². The third kappa shape index (κ3) is 2.65. The molecule has 2 aromatic heterocycles. The van der Waals surface area contributed by atoms with E-state index in [-0.39, 0.29) is 12.1 Å². The first-order valence-electron chi connectivity index (χ1n) is 7.43. The maximum Gasteiger partial charge on any atom is 0.323 e. The van der Waals surface area contributed by atoms with Gasteiger partial charge in [-0.15, -0.1) is 11.3 Å². The van der Waals surface area contributed by atoms with E-state index in [0.29, 0.717) is 13.1 Å². The van der Waals surface area contributed by atoms with Crippen molar-refractivity contribution < 1.29 is 4.79 Å². The van der Waals surface area contributed by atoms with Gasteiger partial charge in [0.2, 0.25) is 0 Å². The number of fused-ring (bicyclic) bond motifs is 1. The van der Waals surface area contributed by atoms with Crippen LogP contribution in [0, 0.1) is 0 Å². The standard InChI is InChI=1S/C14H16BrN5OS/c15-9-5-16-20(6-9)10-7-19(8-10)14(21)18-13-17-11-3-1-2-4-12(11)22-13/h5-6,10H,1-4,7-8H2,(H,17,18,21). The molecule has 116 valence electrons. The molecule has 1 aliphatic heterocycles. The first kappa shape index (κ1) is 14.2. The largest absolute Gasteiger partial charge is 0.323 e. The maximum atomic E-state index is 12.2. The van der Waals surface area contributed by atoms with Crippen LogP contribution < -0.4 is 5.32 Å². The van der Waals surface area contributed by atoms with Gasteiger partial charge in [-0.2, -0.15) is 5.10 Å². The third-order valence-electron chi connectivity index (χ3n) is 4.15. The van der Waals surface area contributed by atoms with E-state index < -0.39 is 0 Å². The number of urea groups is 1. The van der Waals surface area contributed by atoms with Crippen molar-refractivity contribution in [3.8, 4) is 0 Å². The third-order valence-corrected chi connectivity index (χ3v) is 5.64. The summed E-state index contributed by atoms with van der Waals surface area (Å²) in [6.07, 6.45) is 8.29. The van der Waals surface area contributed by atoms with E-state index in [1.807, 2.05) is 10.9 Å². The zero-order valence-electron chi connectivity index (χ0n) is 12.0. The molecule has 2 aliphatic rings. The Kier molecular flexibility index (Phi) is 3.65. The Bertz CT molecular complexity index is 682. The number of halogens is 1. The average molecular weight is 382 g/mol. The van der Waals surface area contributed by atoms with Crippen molar-refractivity contribution in [2.24, 2.45) is 0 Å². The molecule has 1 aliphatic carbocycles. The number of likely N-dealkylation sites (tertiary alicyclic amines) is 1. The number of carbonyl (C=O) groups is 1. The molecule has 1 fully saturated rings. The first-order chi connectivity index (χ1) is 10.7. The van der Waals surface area contributed by atoms with Gasteiger partial charge in [-0.05, 0) is 41.6 Å². The van der Waals surface area contributed by atoms with Gasteiger partial charge in [0.15, 0.2) is 5.13 Å². The molecule has 6 nitrogen and oxygen atoms in total. The quantitative estimate of drug-likeness (QED) is 0.869. The van der Waals surface area contributed by atoms with E-state index in [4.69, 9.17) is 0 Å². The molecule has 0 aromatic carbocycles. The van der Waals surface area contributed by atoms with Gasteiger partial charge in [-0.1, -0.05) is 0 Å². The summed E-state index contributed by atoms with van der Waals surface area (Å²) in [4.78, 5) is 19.9. The van der Waals surface area contributed by atoms with Crippen molar-refractivity contribution in [2.75, 3.05) is 18.4 Å². The smallest absolute Gasteiger partial charge is 0.320 e. The lowest BCUT2D eigenvalue weighted by molar-refractivity contribution is 0.128. The fourth-order valence-corrected chi connectivity index (χ4v) is 4.22. The van der Waals surface area contributed by atoms with Gasteiger partial charge in [0, 0.05) is 24.2 Å². The second-order valence-electron chi connectivity index (χ2n) is 5.72. The topological polar surface area (TPSA) is 63.1 Å². The lowest BCUT2D eigenvalue weighted by atomic mass is 10.0. The molecule has 22 heavy (non-hydrogen) atoms. The minimum absolute atomic E-state index is 0.0615. The average Bonchev–Trinajstić information content (AvgIpc) is 3.02. The lowest BCUT2D eigenvalue weighted by Crippen LogP contribution is -2.52. The summed E-state index contributed by atoms with van der Waals surface area (Å²) in [7, 11) is 0. The van der Waals surface area contributed by atoms with Crippen LogP contribution in [0.5, 0.6) is 0 Å². The van der Waals surface area contributed by atoms with Crippen LogP contribution in [0.3, 0.4) is 0 Å². The molecule has 1 saturated heterocycles. The van der Waals surface area contributed by atoms with Crippen LogP contribution in [-0.4, -0.2) is 38.8 Å². The Morgan fingerprint density at radius 3 is 2.91 bits per heavy atom. The van der Waals surface area contributed by atoms with Gasteiger partial charge in [-0.25, -0.2) is 9.78 Å². The molecule has 0 unspecified atom stereocenters. The fourth-order valence-electron chi connectivity index (χ4n) is 2.88. The molecular formula is C14H16BrN5OS. The minimum Gasteiger partial charge on any atom is -0.320 e. The molecular weight excluding hydrogens is 366 g/mol. The molecule has 0 bridgehead atoms. The number of carbonyl (C=O) groups excluding carboxylic acids is 1. The zero-order chi connectivity index (χ0) is 15.1. The van der Waals surface area contributed by atoms with Gasteiger partial charge in [0.1, 0.15) is 0 Å². The molecule has 0 radical (unpaired) electrons. The zero-order valence-corrected chi connectivity index (χ0v) is 14.4. The number of anilines is 1. The highest BCUT2D eigenvalue weighted by molar-refractivity contribution is 9.10. The summed E-state index contributed by atoms with van der Waals surface area (Å²) in [6.45, 7) is 1.37. The molecule has 0 saturated carbocycles. The van der Waals surface area contributed by atoms with Crippen LogP contribution in [0.1, 0.15) is 29.5 Å². The first-order valence-corrected chi connectivity index (χ1v) is 9.04.